The smallest absolute Gasteiger partial charge is 0.272 e. The van der Waals surface area contributed by atoms with Gasteiger partial charge in [-0.05, 0) is 56.3 Å². The van der Waals surface area contributed by atoms with Crippen molar-refractivity contribution in [1.82, 2.24) is 19.5 Å². The Bertz CT molecular complexity index is 1830. The molecule has 0 spiro atoms. The van der Waals surface area contributed by atoms with Crippen LogP contribution in [-0.4, -0.2) is 66.0 Å². The fourth-order valence-electron chi connectivity index (χ4n) is 5.47. The quantitative estimate of drug-likeness (QED) is 0.244. The average molecular weight is 626 g/mol. The van der Waals surface area contributed by atoms with E-state index in [0.717, 1.165) is 22.1 Å². The summed E-state index contributed by atoms with van der Waals surface area (Å²) in [4.78, 5) is 31.0. The Morgan fingerprint density at radius 1 is 1.00 bits per heavy atom. The molecule has 15 heteroatoms. The Hall–Kier alpha value is -4.60. The van der Waals surface area contributed by atoms with Crippen LogP contribution in [0.5, 0.6) is 0 Å². The topological polar surface area (TPSA) is 153 Å². The number of carbonyl (C=O) groups is 2. The molecular weight excluding hydrogens is 596 g/mol. The van der Waals surface area contributed by atoms with Crippen LogP contribution in [-0.2, 0) is 26.8 Å². The van der Waals surface area contributed by atoms with E-state index in [0.29, 0.717) is 49.3 Å². The van der Waals surface area contributed by atoms with E-state index in [1.54, 1.807) is 50.4 Å². The van der Waals surface area contributed by atoms with E-state index in [-0.39, 0.29) is 23.6 Å². The fourth-order valence-corrected chi connectivity index (χ4v) is 7.24. The normalized spacial score (nSPS) is 16.5. The predicted molar refractivity (Wildman–Crippen MR) is 157 cm³/mol. The zero-order chi connectivity index (χ0) is 31.2. The first-order chi connectivity index (χ1) is 20.9. The zero-order valence-electron chi connectivity index (χ0n) is 23.8. The molecule has 0 radical (unpaired) electrons. The summed E-state index contributed by atoms with van der Waals surface area (Å²) < 4.78 is 61.3. The molecule has 0 bridgehead atoms. The third kappa shape index (κ3) is 5.33. The number of H-pyrrole nitrogens is 2. The van der Waals surface area contributed by atoms with Crippen LogP contribution in [0, 0.1) is 11.6 Å². The van der Waals surface area contributed by atoms with E-state index >= 15 is 0 Å². The van der Waals surface area contributed by atoms with Crippen molar-refractivity contribution in [2.45, 2.75) is 30.8 Å². The van der Waals surface area contributed by atoms with E-state index in [9.17, 15) is 26.8 Å². The Kier molecular flexibility index (Phi) is 7.47. The van der Waals surface area contributed by atoms with Crippen LogP contribution >= 0.6 is 0 Å². The summed E-state index contributed by atoms with van der Waals surface area (Å²) in [6.07, 6.45) is 1.61. The van der Waals surface area contributed by atoms with Gasteiger partial charge >= 0.3 is 0 Å². The molecule has 44 heavy (non-hydrogen) atoms. The van der Waals surface area contributed by atoms with Gasteiger partial charge in [0.2, 0.25) is 10.0 Å². The highest BCUT2D eigenvalue weighted by molar-refractivity contribution is 7.89. The number of hydrogen-bond acceptors (Lipinski definition) is 7. The molecule has 1 saturated heterocycles. The molecule has 2 aromatic heterocycles. The van der Waals surface area contributed by atoms with Gasteiger partial charge < -0.3 is 25.3 Å². The molecule has 4 N–H and O–H groups in total. The fraction of sp³-hybridized carbons (Fsp3) is 0.276. The number of benzene rings is 2. The van der Waals surface area contributed by atoms with Crippen LogP contribution in [0.4, 0.5) is 26.0 Å². The molecule has 2 amide bonds. The number of sulfonamides is 1. The number of anilines is 3. The first-order valence-electron chi connectivity index (χ1n) is 13.7. The number of aromatic amines is 2. The summed E-state index contributed by atoms with van der Waals surface area (Å²) in [6.45, 7) is 5.41. The van der Waals surface area contributed by atoms with Gasteiger partial charge in [0.25, 0.3) is 11.8 Å². The Labute approximate surface area is 251 Å². The summed E-state index contributed by atoms with van der Waals surface area (Å²) in [5, 5.41) is 12.6. The summed E-state index contributed by atoms with van der Waals surface area (Å²) in [5.74, 6) is -3.00. The first kappa shape index (κ1) is 29.5. The van der Waals surface area contributed by atoms with Crippen LogP contribution in [0.1, 0.15) is 46.0 Å². The number of carbonyl (C=O) groups excluding carboxylic acids is 2. The van der Waals surface area contributed by atoms with Crippen LogP contribution < -0.4 is 15.5 Å². The molecule has 2 aliphatic rings. The molecule has 0 atom stereocenters. The zero-order valence-corrected chi connectivity index (χ0v) is 24.6. The van der Waals surface area contributed by atoms with E-state index in [1.807, 2.05) is 0 Å². The summed E-state index contributed by atoms with van der Waals surface area (Å²) in [6, 6.07) is 10.5. The number of rotatable bonds is 7. The molecule has 2 aromatic carbocycles. The van der Waals surface area contributed by atoms with Gasteiger partial charge in [-0.1, -0.05) is 0 Å². The number of amides is 2. The minimum Gasteiger partial charge on any atom is -0.378 e. The number of ether oxygens (including phenoxy) is 1. The summed E-state index contributed by atoms with van der Waals surface area (Å²) in [5.41, 5.74) is 1.12. The number of nitrogens with one attached hydrogen (secondary N) is 4. The van der Waals surface area contributed by atoms with E-state index in [4.69, 9.17) is 4.74 Å². The lowest BCUT2D eigenvalue weighted by Crippen LogP contribution is -2.40. The molecular formula is C29H29F2N7O5S. The van der Waals surface area contributed by atoms with Crippen LogP contribution in [0.15, 0.2) is 59.6 Å². The molecule has 4 heterocycles. The number of aromatic nitrogens is 3. The molecule has 1 fully saturated rings. The maximum atomic E-state index is 13.9. The Morgan fingerprint density at radius 3 is 2.41 bits per heavy atom. The van der Waals surface area contributed by atoms with Gasteiger partial charge in [-0.15, -0.1) is 0 Å². The lowest BCUT2D eigenvalue weighted by molar-refractivity contribution is 0.102. The SMILES string of the molecule is CC1(C)c2[nH]nc(NC(=O)c3ccc(N4CCOCC4)cc3NC(=O)c3ccc[nH]3)c2CN1S(=O)(=O)c1cc(F)cc(F)c1. The molecule has 2 aliphatic heterocycles. The highest BCUT2D eigenvalue weighted by atomic mass is 32.2. The third-order valence-electron chi connectivity index (χ3n) is 7.77. The third-order valence-corrected chi connectivity index (χ3v) is 9.77. The molecule has 4 aromatic rings. The maximum absolute atomic E-state index is 13.9. The van der Waals surface area contributed by atoms with Crippen molar-refractivity contribution in [3.05, 3.63) is 88.9 Å². The first-order valence-corrected chi connectivity index (χ1v) is 15.2. The van der Waals surface area contributed by atoms with Crippen LogP contribution in [0.25, 0.3) is 0 Å². The highest BCUT2D eigenvalue weighted by Crippen LogP contribution is 2.44. The second kappa shape index (κ2) is 11.2. The van der Waals surface area contributed by atoms with Crippen molar-refractivity contribution in [2.24, 2.45) is 0 Å². The van der Waals surface area contributed by atoms with E-state index < -0.39 is 43.9 Å². The Morgan fingerprint density at radius 2 is 1.73 bits per heavy atom. The van der Waals surface area contributed by atoms with Gasteiger partial charge in [-0.3, -0.25) is 14.7 Å². The highest BCUT2D eigenvalue weighted by Gasteiger charge is 2.48. The van der Waals surface area contributed by atoms with Gasteiger partial charge in [0, 0.05) is 43.1 Å². The standard InChI is InChI=1S/C29H29F2N7O5S/c1-29(2)25-22(16-38(29)44(41,42)20-13-17(30)12-18(31)14-20)26(36-35-25)34-27(39)21-6-5-19(37-8-10-43-11-9-37)15-24(21)33-28(40)23-4-3-7-32-23/h3-7,12-15,32H,8-11,16H2,1-2H3,(H,33,40)(H2,34,35,36,39). The largest absolute Gasteiger partial charge is 0.378 e. The number of fused-ring (bicyclic) bond motifs is 1. The number of halogens is 2. The predicted octanol–water partition coefficient (Wildman–Crippen LogP) is 3.80. The molecule has 6 rings (SSSR count). The Balaban J connectivity index is 1.29. The van der Waals surface area contributed by atoms with Crippen molar-refractivity contribution in [3.63, 3.8) is 0 Å². The molecule has 0 aliphatic carbocycles. The van der Waals surface area contributed by atoms with Crippen LogP contribution in [0.2, 0.25) is 0 Å². The van der Waals surface area contributed by atoms with E-state index in [1.165, 1.54) is 0 Å². The van der Waals surface area contributed by atoms with E-state index in [2.05, 4.69) is 30.7 Å². The number of morpholine rings is 1. The lowest BCUT2D eigenvalue weighted by Gasteiger charge is -2.30. The minimum atomic E-state index is -4.35. The molecule has 0 unspecified atom stereocenters. The van der Waals surface area contributed by atoms with Crippen molar-refractivity contribution in [3.8, 4) is 0 Å². The van der Waals surface area contributed by atoms with Crippen molar-refractivity contribution in [2.75, 3.05) is 41.8 Å². The number of hydrogen-bond donors (Lipinski definition) is 4. The van der Waals surface area contributed by atoms with Gasteiger partial charge in [0.15, 0.2) is 5.82 Å². The molecule has 230 valence electrons. The van der Waals surface area contributed by atoms with Gasteiger partial charge in [-0.25, -0.2) is 17.2 Å². The van der Waals surface area contributed by atoms with Gasteiger partial charge in [-0.2, -0.15) is 9.40 Å². The van der Waals surface area contributed by atoms with Crippen molar-refractivity contribution < 1.29 is 31.5 Å². The average Bonchev–Trinajstić information content (AvgIpc) is 3.72. The second-order valence-electron chi connectivity index (χ2n) is 10.9. The van der Waals surface area contributed by atoms with Gasteiger partial charge in [0.05, 0.1) is 40.6 Å². The minimum absolute atomic E-state index is 0.0834. The lowest BCUT2D eigenvalue weighted by atomic mass is 10.0. The van der Waals surface area contributed by atoms with Crippen LogP contribution in [0.3, 0.4) is 0 Å². The van der Waals surface area contributed by atoms with Crippen molar-refractivity contribution in [1.29, 1.82) is 0 Å². The van der Waals surface area contributed by atoms with Gasteiger partial charge in [0.1, 0.15) is 17.3 Å². The number of nitrogens with zero attached hydrogens (tertiary/aromatic N) is 3. The summed E-state index contributed by atoms with van der Waals surface area (Å²) in [7, 11) is -4.35. The summed E-state index contributed by atoms with van der Waals surface area (Å²) >= 11 is 0. The molecule has 0 saturated carbocycles. The maximum Gasteiger partial charge on any atom is 0.272 e. The second-order valence-corrected chi connectivity index (χ2v) is 12.8. The molecule has 12 nitrogen and oxygen atoms in total. The monoisotopic (exact) mass is 625 g/mol. The van der Waals surface area contributed by atoms with Crippen molar-refractivity contribution >= 4 is 39.0 Å².